The minimum absolute atomic E-state index is 0.0215. The predicted molar refractivity (Wildman–Crippen MR) is 68.4 cm³/mol. The van der Waals surface area contributed by atoms with E-state index < -0.39 is 17.9 Å². The number of amides is 1. The third kappa shape index (κ3) is 2.34. The summed E-state index contributed by atoms with van der Waals surface area (Å²) in [5.41, 5.74) is 0.800. The molecule has 1 aromatic rings. The highest BCUT2D eigenvalue weighted by Gasteiger charge is 2.46. The molecule has 1 aliphatic heterocycles. The van der Waals surface area contributed by atoms with E-state index in [2.05, 4.69) is 5.10 Å². The first-order chi connectivity index (χ1) is 8.95. The van der Waals surface area contributed by atoms with Crippen LogP contribution in [0.1, 0.15) is 38.8 Å². The molecule has 104 valence electrons. The average Bonchev–Trinajstić information content (AvgIpc) is 2.91. The van der Waals surface area contributed by atoms with Crippen molar-refractivity contribution < 1.29 is 14.7 Å². The summed E-state index contributed by atoms with van der Waals surface area (Å²) in [6, 6.07) is -0.433. The zero-order chi connectivity index (χ0) is 14.2. The van der Waals surface area contributed by atoms with Crippen molar-refractivity contribution in [3.05, 3.63) is 18.0 Å². The van der Waals surface area contributed by atoms with Gasteiger partial charge in [0.1, 0.15) is 0 Å². The van der Waals surface area contributed by atoms with E-state index in [1.807, 2.05) is 27.0 Å². The standard InChI is InChI=1S/C13H19N3O3/c1-4-15-7-9(6-14-15)12-10(13(18)19)5-11(17)16(12)8(2)3/h6-8,10,12H,4-5H2,1-3H3,(H,18,19). The number of aliphatic carboxylic acids is 1. The van der Waals surface area contributed by atoms with Crippen molar-refractivity contribution in [2.24, 2.45) is 5.92 Å². The Labute approximate surface area is 112 Å². The van der Waals surface area contributed by atoms with Crippen molar-refractivity contribution in [2.75, 3.05) is 0 Å². The van der Waals surface area contributed by atoms with E-state index in [1.165, 1.54) is 0 Å². The molecule has 2 atom stereocenters. The van der Waals surface area contributed by atoms with Crippen LogP contribution in [0.3, 0.4) is 0 Å². The van der Waals surface area contributed by atoms with Gasteiger partial charge in [-0.2, -0.15) is 5.10 Å². The maximum atomic E-state index is 12.0. The molecule has 1 fully saturated rings. The second-order valence-electron chi connectivity index (χ2n) is 5.12. The van der Waals surface area contributed by atoms with E-state index in [1.54, 1.807) is 15.8 Å². The Hall–Kier alpha value is -1.85. The summed E-state index contributed by atoms with van der Waals surface area (Å²) < 4.78 is 1.75. The third-order valence-electron chi connectivity index (χ3n) is 3.56. The van der Waals surface area contributed by atoms with Crippen LogP contribution in [0.15, 0.2) is 12.4 Å². The number of likely N-dealkylation sites (tertiary alicyclic amines) is 1. The number of nitrogens with zero attached hydrogens (tertiary/aromatic N) is 3. The van der Waals surface area contributed by atoms with E-state index in [0.717, 1.165) is 12.1 Å². The van der Waals surface area contributed by atoms with Gasteiger partial charge in [-0.15, -0.1) is 0 Å². The maximum absolute atomic E-state index is 12.0. The van der Waals surface area contributed by atoms with Gasteiger partial charge in [-0.3, -0.25) is 14.3 Å². The molecule has 0 bridgehead atoms. The molecule has 6 nitrogen and oxygen atoms in total. The van der Waals surface area contributed by atoms with Crippen molar-refractivity contribution in [3.63, 3.8) is 0 Å². The lowest BCUT2D eigenvalue weighted by atomic mass is 9.95. The van der Waals surface area contributed by atoms with Crippen LogP contribution in [0.4, 0.5) is 0 Å². The van der Waals surface area contributed by atoms with E-state index in [9.17, 15) is 14.7 Å². The Balaban J connectivity index is 2.40. The summed E-state index contributed by atoms with van der Waals surface area (Å²) in [5.74, 6) is -1.72. The fraction of sp³-hybridized carbons (Fsp3) is 0.615. The number of carboxylic acids is 1. The van der Waals surface area contributed by atoms with E-state index in [-0.39, 0.29) is 18.4 Å². The Morgan fingerprint density at radius 2 is 2.26 bits per heavy atom. The molecule has 1 amide bonds. The first kappa shape index (κ1) is 13.6. The normalized spacial score (nSPS) is 23.4. The number of hydrogen-bond donors (Lipinski definition) is 1. The molecule has 2 unspecified atom stereocenters. The van der Waals surface area contributed by atoms with Gasteiger partial charge in [0.15, 0.2) is 0 Å². The largest absolute Gasteiger partial charge is 0.481 e. The highest BCUT2D eigenvalue weighted by Crippen LogP contribution is 2.39. The van der Waals surface area contributed by atoms with E-state index in [0.29, 0.717) is 0 Å². The fourth-order valence-electron chi connectivity index (χ4n) is 2.68. The van der Waals surface area contributed by atoms with Crippen molar-refractivity contribution in [1.82, 2.24) is 14.7 Å². The number of hydrogen-bond acceptors (Lipinski definition) is 3. The first-order valence-corrected chi connectivity index (χ1v) is 6.52. The van der Waals surface area contributed by atoms with E-state index >= 15 is 0 Å². The summed E-state index contributed by atoms with van der Waals surface area (Å²) >= 11 is 0. The van der Waals surface area contributed by atoms with Gasteiger partial charge >= 0.3 is 5.97 Å². The molecule has 2 heterocycles. The maximum Gasteiger partial charge on any atom is 0.309 e. The van der Waals surface area contributed by atoms with Crippen LogP contribution >= 0.6 is 0 Å². The number of carbonyl (C=O) groups is 2. The quantitative estimate of drug-likeness (QED) is 0.890. The third-order valence-corrected chi connectivity index (χ3v) is 3.56. The summed E-state index contributed by atoms with van der Waals surface area (Å²) in [6.07, 6.45) is 3.56. The highest BCUT2D eigenvalue weighted by atomic mass is 16.4. The molecular weight excluding hydrogens is 246 g/mol. The number of aromatic nitrogens is 2. The number of rotatable bonds is 4. The molecule has 0 saturated carbocycles. The molecule has 0 aromatic carbocycles. The lowest BCUT2D eigenvalue weighted by molar-refractivity contribution is -0.142. The van der Waals surface area contributed by atoms with Crippen LogP contribution in [0.25, 0.3) is 0 Å². The zero-order valence-corrected chi connectivity index (χ0v) is 11.4. The van der Waals surface area contributed by atoms with Crippen molar-refractivity contribution in [3.8, 4) is 0 Å². The highest BCUT2D eigenvalue weighted by molar-refractivity contribution is 5.87. The van der Waals surface area contributed by atoms with Crippen molar-refractivity contribution in [1.29, 1.82) is 0 Å². The van der Waals surface area contributed by atoms with Crippen molar-refractivity contribution >= 4 is 11.9 Å². The predicted octanol–water partition coefficient (Wildman–Crippen LogP) is 1.29. The minimum atomic E-state index is -0.925. The monoisotopic (exact) mass is 265 g/mol. The van der Waals surface area contributed by atoms with E-state index in [4.69, 9.17) is 0 Å². The molecule has 19 heavy (non-hydrogen) atoms. The topological polar surface area (TPSA) is 75.4 Å². The number of carboxylic acid groups (broad SMARTS) is 1. The van der Waals surface area contributed by atoms with Gasteiger partial charge < -0.3 is 10.0 Å². The SMILES string of the molecule is CCn1cc(C2C(C(=O)O)CC(=O)N2C(C)C)cn1. The number of aryl methyl sites for hydroxylation is 1. The molecule has 1 N–H and O–H groups in total. The molecule has 0 spiro atoms. The van der Waals surface area contributed by atoms with Gasteiger partial charge in [0.2, 0.25) is 5.91 Å². The van der Waals surface area contributed by atoms with Crippen LogP contribution < -0.4 is 0 Å². The fourth-order valence-corrected chi connectivity index (χ4v) is 2.68. The summed E-state index contributed by atoms with van der Waals surface area (Å²) in [4.78, 5) is 25.1. The average molecular weight is 265 g/mol. The van der Waals surface area contributed by atoms with Gasteiger partial charge in [-0.1, -0.05) is 0 Å². The van der Waals surface area contributed by atoms with Gasteiger partial charge in [-0.05, 0) is 20.8 Å². The van der Waals surface area contributed by atoms with Gasteiger partial charge in [0.25, 0.3) is 0 Å². The molecule has 1 saturated heterocycles. The molecule has 0 radical (unpaired) electrons. The van der Waals surface area contributed by atoms with Crippen LogP contribution in [-0.4, -0.2) is 37.7 Å². The Kier molecular flexibility index (Phi) is 3.59. The zero-order valence-electron chi connectivity index (χ0n) is 11.4. The van der Waals surface area contributed by atoms with Gasteiger partial charge in [0.05, 0.1) is 18.2 Å². The molecule has 6 heteroatoms. The summed E-state index contributed by atoms with van der Waals surface area (Å²) in [7, 11) is 0. The lowest BCUT2D eigenvalue weighted by Gasteiger charge is -2.29. The summed E-state index contributed by atoms with van der Waals surface area (Å²) in [5, 5.41) is 13.5. The second-order valence-corrected chi connectivity index (χ2v) is 5.12. The molecule has 1 aromatic heterocycles. The Morgan fingerprint density at radius 1 is 1.58 bits per heavy atom. The van der Waals surface area contributed by atoms with Gasteiger partial charge in [0, 0.05) is 30.8 Å². The molecular formula is C13H19N3O3. The Bertz CT molecular complexity index is 495. The first-order valence-electron chi connectivity index (χ1n) is 6.52. The van der Waals surface area contributed by atoms with Crippen molar-refractivity contribution in [2.45, 2.75) is 45.8 Å². The lowest BCUT2D eigenvalue weighted by Crippen LogP contribution is -2.35. The molecule has 1 aliphatic rings. The van der Waals surface area contributed by atoms with Crippen LogP contribution in [-0.2, 0) is 16.1 Å². The minimum Gasteiger partial charge on any atom is -0.481 e. The Morgan fingerprint density at radius 3 is 2.74 bits per heavy atom. The van der Waals surface area contributed by atoms with Gasteiger partial charge in [-0.25, -0.2) is 0 Å². The smallest absolute Gasteiger partial charge is 0.309 e. The molecule has 2 rings (SSSR count). The van der Waals surface area contributed by atoms with Crippen LogP contribution in [0.2, 0.25) is 0 Å². The van der Waals surface area contributed by atoms with Crippen LogP contribution in [0, 0.1) is 5.92 Å². The summed E-state index contributed by atoms with van der Waals surface area (Å²) in [6.45, 7) is 6.49. The molecule has 0 aliphatic carbocycles. The second kappa shape index (κ2) is 5.03. The number of carbonyl (C=O) groups excluding carboxylic acids is 1. The van der Waals surface area contributed by atoms with Crippen LogP contribution in [0.5, 0.6) is 0 Å².